The molecule has 0 aliphatic rings. The number of nitrogens with zero attached hydrogens (tertiary/aromatic N) is 4. The monoisotopic (exact) mass is 335 g/mol. The molecule has 0 aliphatic heterocycles. The number of imidazole rings is 1. The highest BCUT2D eigenvalue weighted by Crippen LogP contribution is 2.38. The van der Waals surface area contributed by atoms with Crippen molar-refractivity contribution in [3.8, 4) is 34.1 Å². The lowest BCUT2D eigenvalue weighted by Crippen LogP contribution is -1.96. The Labute approximate surface area is 144 Å². The molecule has 4 rings (SSSR count). The Morgan fingerprint density at radius 3 is 2.44 bits per heavy atom. The minimum atomic E-state index is 0.669. The Morgan fingerprint density at radius 1 is 1.04 bits per heavy atom. The number of pyridine rings is 1. The van der Waals surface area contributed by atoms with Crippen molar-refractivity contribution in [1.29, 1.82) is 0 Å². The average molecular weight is 335 g/mol. The van der Waals surface area contributed by atoms with Crippen molar-refractivity contribution < 1.29 is 9.47 Å². The lowest BCUT2D eigenvalue weighted by Gasteiger charge is -2.10. The van der Waals surface area contributed by atoms with E-state index in [4.69, 9.17) is 14.5 Å². The fraction of sp³-hybridized carbons (Fsp3) is 0.167. The molecule has 0 unspecified atom stereocenters. The van der Waals surface area contributed by atoms with Crippen molar-refractivity contribution in [2.45, 2.75) is 0 Å². The first-order valence-corrected chi connectivity index (χ1v) is 7.77. The SMILES string of the molecule is COc1cccc(OC)c1-c1nc2c([nH]1)c(-c1cccnc1)nn2C. The second kappa shape index (κ2) is 5.94. The van der Waals surface area contributed by atoms with Gasteiger partial charge in [-0.05, 0) is 24.3 Å². The van der Waals surface area contributed by atoms with E-state index in [1.807, 2.05) is 37.4 Å². The van der Waals surface area contributed by atoms with Gasteiger partial charge in [0.1, 0.15) is 34.1 Å². The van der Waals surface area contributed by atoms with Crippen LogP contribution in [-0.2, 0) is 7.05 Å². The van der Waals surface area contributed by atoms with Crippen LogP contribution in [0.1, 0.15) is 0 Å². The fourth-order valence-corrected chi connectivity index (χ4v) is 2.92. The summed E-state index contributed by atoms with van der Waals surface area (Å²) < 4.78 is 12.7. The molecule has 3 heterocycles. The van der Waals surface area contributed by atoms with Gasteiger partial charge in [0.05, 0.1) is 14.2 Å². The first kappa shape index (κ1) is 15.2. The summed E-state index contributed by atoms with van der Waals surface area (Å²) >= 11 is 0. The van der Waals surface area contributed by atoms with E-state index in [9.17, 15) is 0 Å². The number of methoxy groups -OCH3 is 2. The number of aromatic amines is 1. The molecule has 0 amide bonds. The summed E-state index contributed by atoms with van der Waals surface area (Å²) in [4.78, 5) is 12.3. The maximum Gasteiger partial charge on any atom is 0.177 e. The Balaban J connectivity index is 1.95. The van der Waals surface area contributed by atoms with Gasteiger partial charge in [0, 0.05) is 25.0 Å². The number of hydrogen-bond acceptors (Lipinski definition) is 5. The second-order valence-electron chi connectivity index (χ2n) is 5.54. The highest BCUT2D eigenvalue weighted by Gasteiger charge is 2.20. The molecule has 0 fully saturated rings. The summed E-state index contributed by atoms with van der Waals surface area (Å²) in [6, 6.07) is 9.50. The summed E-state index contributed by atoms with van der Waals surface area (Å²) in [5, 5.41) is 4.56. The molecule has 126 valence electrons. The maximum absolute atomic E-state index is 5.49. The molecule has 0 saturated carbocycles. The van der Waals surface area contributed by atoms with Gasteiger partial charge in [0.25, 0.3) is 0 Å². The minimum absolute atomic E-state index is 0.669. The molecule has 0 atom stereocenters. The predicted octanol–water partition coefficient (Wildman–Crippen LogP) is 3.04. The lowest BCUT2D eigenvalue weighted by atomic mass is 10.1. The Kier molecular flexibility index (Phi) is 3.61. The highest BCUT2D eigenvalue weighted by atomic mass is 16.5. The Bertz CT molecular complexity index is 1010. The molecular weight excluding hydrogens is 318 g/mol. The van der Waals surface area contributed by atoms with Crippen LogP contribution in [0.3, 0.4) is 0 Å². The number of nitrogens with one attached hydrogen (secondary N) is 1. The predicted molar refractivity (Wildman–Crippen MR) is 94.6 cm³/mol. The van der Waals surface area contributed by atoms with E-state index < -0.39 is 0 Å². The van der Waals surface area contributed by atoms with Crippen LogP contribution >= 0.6 is 0 Å². The average Bonchev–Trinajstić information content (AvgIpc) is 3.22. The van der Waals surface area contributed by atoms with Gasteiger partial charge < -0.3 is 14.5 Å². The van der Waals surface area contributed by atoms with Gasteiger partial charge >= 0.3 is 0 Å². The van der Waals surface area contributed by atoms with Gasteiger partial charge in [0.15, 0.2) is 5.65 Å². The molecule has 7 heteroatoms. The quantitative estimate of drug-likeness (QED) is 0.620. The zero-order valence-corrected chi connectivity index (χ0v) is 14.1. The number of rotatable bonds is 4. The molecule has 25 heavy (non-hydrogen) atoms. The van der Waals surface area contributed by atoms with E-state index in [1.165, 1.54) is 0 Å². The van der Waals surface area contributed by atoms with Crippen LogP contribution in [0.4, 0.5) is 0 Å². The summed E-state index contributed by atoms with van der Waals surface area (Å²) in [5.74, 6) is 2.05. The number of benzene rings is 1. The van der Waals surface area contributed by atoms with Crippen molar-refractivity contribution in [3.05, 3.63) is 42.7 Å². The second-order valence-corrected chi connectivity index (χ2v) is 5.54. The number of aromatic nitrogens is 5. The molecule has 0 aliphatic carbocycles. The molecule has 7 nitrogen and oxygen atoms in total. The third-order valence-corrected chi connectivity index (χ3v) is 4.08. The Hall–Kier alpha value is -3.35. The fourth-order valence-electron chi connectivity index (χ4n) is 2.92. The van der Waals surface area contributed by atoms with Crippen LogP contribution in [0.2, 0.25) is 0 Å². The van der Waals surface area contributed by atoms with Crippen LogP contribution in [0.5, 0.6) is 11.5 Å². The van der Waals surface area contributed by atoms with Gasteiger partial charge in [-0.25, -0.2) is 9.67 Å². The number of H-pyrrole nitrogens is 1. The largest absolute Gasteiger partial charge is 0.496 e. The first-order chi connectivity index (χ1) is 12.2. The van der Waals surface area contributed by atoms with E-state index in [0.717, 1.165) is 28.0 Å². The number of aryl methyl sites for hydroxylation is 1. The van der Waals surface area contributed by atoms with Crippen molar-refractivity contribution >= 4 is 11.2 Å². The van der Waals surface area contributed by atoms with Crippen molar-refractivity contribution in [2.75, 3.05) is 14.2 Å². The standard InChI is InChI=1S/C18H17N5O2/c1-23-18-16(15(22-23)11-6-5-9-19-10-11)20-17(21-18)14-12(24-2)7-4-8-13(14)25-3/h4-10H,1-3H3,(H,20,21). The van der Waals surface area contributed by atoms with Crippen LogP contribution in [0.25, 0.3) is 33.8 Å². The molecule has 1 aromatic carbocycles. The highest BCUT2D eigenvalue weighted by molar-refractivity contribution is 5.91. The summed E-state index contributed by atoms with van der Waals surface area (Å²) in [6.45, 7) is 0. The van der Waals surface area contributed by atoms with Crippen molar-refractivity contribution in [3.63, 3.8) is 0 Å². The van der Waals surface area contributed by atoms with Gasteiger partial charge in [-0.2, -0.15) is 5.10 Å². The third kappa shape index (κ3) is 2.40. The van der Waals surface area contributed by atoms with E-state index in [-0.39, 0.29) is 0 Å². The third-order valence-electron chi connectivity index (χ3n) is 4.08. The normalized spacial score (nSPS) is 11.0. The lowest BCUT2D eigenvalue weighted by molar-refractivity contribution is 0.397. The number of fused-ring (bicyclic) bond motifs is 1. The number of hydrogen-bond donors (Lipinski definition) is 1. The van der Waals surface area contributed by atoms with E-state index >= 15 is 0 Å². The smallest absolute Gasteiger partial charge is 0.177 e. The zero-order chi connectivity index (χ0) is 17.4. The van der Waals surface area contributed by atoms with E-state index in [2.05, 4.69) is 15.1 Å². The van der Waals surface area contributed by atoms with E-state index in [1.54, 1.807) is 31.3 Å². The summed E-state index contributed by atoms with van der Waals surface area (Å²) in [6.07, 6.45) is 3.52. The molecular formula is C18H17N5O2. The van der Waals surface area contributed by atoms with E-state index in [0.29, 0.717) is 17.3 Å². The van der Waals surface area contributed by atoms with Crippen LogP contribution in [0.15, 0.2) is 42.7 Å². The topological polar surface area (TPSA) is 77.8 Å². The van der Waals surface area contributed by atoms with Crippen molar-refractivity contribution in [2.24, 2.45) is 7.05 Å². The first-order valence-electron chi connectivity index (χ1n) is 7.77. The van der Waals surface area contributed by atoms with Gasteiger partial charge in [-0.3, -0.25) is 4.98 Å². The van der Waals surface area contributed by atoms with Crippen LogP contribution < -0.4 is 9.47 Å². The Morgan fingerprint density at radius 2 is 1.80 bits per heavy atom. The van der Waals surface area contributed by atoms with Gasteiger partial charge in [-0.1, -0.05) is 6.07 Å². The van der Waals surface area contributed by atoms with Gasteiger partial charge in [0.2, 0.25) is 0 Å². The molecule has 0 spiro atoms. The molecule has 4 aromatic rings. The van der Waals surface area contributed by atoms with Crippen LogP contribution in [0, 0.1) is 0 Å². The maximum atomic E-state index is 5.49. The van der Waals surface area contributed by atoms with Gasteiger partial charge in [-0.15, -0.1) is 0 Å². The molecule has 0 bridgehead atoms. The summed E-state index contributed by atoms with van der Waals surface area (Å²) in [7, 11) is 5.12. The van der Waals surface area contributed by atoms with Crippen LogP contribution in [-0.4, -0.2) is 39.0 Å². The van der Waals surface area contributed by atoms with Crippen molar-refractivity contribution in [1.82, 2.24) is 24.7 Å². The number of ether oxygens (including phenoxy) is 2. The summed E-state index contributed by atoms with van der Waals surface area (Å²) in [5.41, 5.74) is 4.11. The molecule has 0 saturated heterocycles. The zero-order valence-electron chi connectivity index (χ0n) is 14.1. The minimum Gasteiger partial charge on any atom is -0.496 e. The molecule has 1 N–H and O–H groups in total. The molecule has 0 radical (unpaired) electrons. The molecule has 3 aromatic heterocycles.